The number of esters is 6. The Kier molecular flexibility index (Phi) is 9.98. The topological polar surface area (TPSA) is 158 Å². The summed E-state index contributed by atoms with van der Waals surface area (Å²) < 4.78 is 32.5. The molecule has 6 aliphatic rings. The van der Waals surface area contributed by atoms with E-state index in [-0.39, 0.29) is 110 Å². The minimum atomic E-state index is -0.679. The Morgan fingerprint density at radius 1 is 0.812 bits per heavy atom. The molecule has 0 aromatic carbocycles. The first-order valence-corrected chi connectivity index (χ1v) is 17.6. The van der Waals surface area contributed by atoms with Gasteiger partial charge in [0.15, 0.2) is 0 Å². The Hall–Kier alpha value is -3.18. The van der Waals surface area contributed by atoms with Gasteiger partial charge in [0.25, 0.3) is 0 Å². The van der Waals surface area contributed by atoms with Crippen molar-refractivity contribution in [1.29, 1.82) is 0 Å². The van der Waals surface area contributed by atoms with Crippen LogP contribution < -0.4 is 0 Å². The molecule has 268 valence electrons. The molecule has 0 spiro atoms. The van der Waals surface area contributed by atoms with E-state index in [0.29, 0.717) is 12.8 Å². The summed E-state index contributed by atoms with van der Waals surface area (Å²) in [6.07, 6.45) is 2.91. The first-order valence-electron chi connectivity index (χ1n) is 17.6. The molecule has 2 heterocycles. The van der Waals surface area contributed by atoms with Gasteiger partial charge in [0, 0.05) is 23.7 Å². The van der Waals surface area contributed by atoms with Crippen molar-refractivity contribution in [3.05, 3.63) is 0 Å². The lowest BCUT2D eigenvalue weighted by Crippen LogP contribution is -2.46. The average molecular weight is 677 g/mol. The first-order chi connectivity index (χ1) is 22.4. The summed E-state index contributed by atoms with van der Waals surface area (Å²) in [5.41, 5.74) is -1.77. The Balaban J connectivity index is 0.000000188. The molecular formula is C36H52O12. The SMILES string of the molecule is CCC(C)(C)C(=O)OCCC(=O)OC1C2CC3C(=O)OC1(C)C3C2.CCC(C)(C)C(=O)OCCC(=O)OC1C2CC3C1OC(=O)C3C2C. The number of carbonyl (C=O) groups is 6. The van der Waals surface area contributed by atoms with Gasteiger partial charge in [-0.1, -0.05) is 20.8 Å². The third kappa shape index (κ3) is 6.44. The zero-order chi connectivity index (χ0) is 35.3. The van der Waals surface area contributed by atoms with E-state index < -0.39 is 28.4 Å². The first kappa shape index (κ1) is 36.1. The number of carbonyl (C=O) groups excluding carboxylic acids is 6. The molecule has 12 heteroatoms. The minimum absolute atomic E-state index is 0.0149. The maximum atomic E-state index is 12.1. The maximum absolute atomic E-state index is 12.1. The van der Waals surface area contributed by atoms with Crippen molar-refractivity contribution in [2.45, 2.75) is 124 Å². The summed E-state index contributed by atoms with van der Waals surface area (Å²) in [5.74, 6) is -0.818. The van der Waals surface area contributed by atoms with Crippen molar-refractivity contribution in [3.63, 3.8) is 0 Å². The Morgan fingerprint density at radius 2 is 1.38 bits per heavy atom. The van der Waals surface area contributed by atoms with E-state index in [0.717, 1.165) is 19.3 Å². The van der Waals surface area contributed by atoms with Crippen LogP contribution in [0.15, 0.2) is 0 Å². The number of rotatable bonds is 12. The molecule has 0 radical (unpaired) electrons. The van der Waals surface area contributed by atoms with Crippen molar-refractivity contribution < 1.29 is 57.2 Å². The maximum Gasteiger partial charge on any atom is 0.311 e. The van der Waals surface area contributed by atoms with Crippen LogP contribution in [0.4, 0.5) is 0 Å². The monoisotopic (exact) mass is 676 g/mol. The Labute approximate surface area is 282 Å². The lowest BCUT2D eigenvalue weighted by atomic mass is 9.79. The second-order valence-electron chi connectivity index (χ2n) is 16.0. The third-order valence-corrected chi connectivity index (χ3v) is 12.4. The van der Waals surface area contributed by atoms with Crippen LogP contribution in [0.1, 0.15) is 100 Å². The molecule has 2 saturated heterocycles. The minimum Gasteiger partial charge on any atom is -0.465 e. The highest BCUT2D eigenvalue weighted by atomic mass is 16.6. The van der Waals surface area contributed by atoms with Crippen LogP contribution in [0.3, 0.4) is 0 Å². The van der Waals surface area contributed by atoms with Gasteiger partial charge in [0.1, 0.15) is 37.1 Å². The van der Waals surface area contributed by atoms with Crippen molar-refractivity contribution in [1.82, 2.24) is 0 Å². The number of ether oxygens (including phenoxy) is 6. The number of hydrogen-bond acceptors (Lipinski definition) is 12. The van der Waals surface area contributed by atoms with Crippen molar-refractivity contribution in [3.8, 4) is 0 Å². The summed E-state index contributed by atoms with van der Waals surface area (Å²) in [6, 6.07) is 0. The lowest BCUT2D eigenvalue weighted by Gasteiger charge is -2.34. The zero-order valence-electron chi connectivity index (χ0n) is 29.5. The molecular weight excluding hydrogens is 624 g/mol. The largest absolute Gasteiger partial charge is 0.465 e. The highest BCUT2D eigenvalue weighted by Gasteiger charge is 2.70. The summed E-state index contributed by atoms with van der Waals surface area (Å²) in [4.78, 5) is 71.7. The Bertz CT molecular complexity index is 1320. The second-order valence-corrected chi connectivity index (χ2v) is 16.0. The van der Waals surface area contributed by atoms with Gasteiger partial charge < -0.3 is 28.4 Å². The highest BCUT2D eigenvalue weighted by Crippen LogP contribution is 2.61. The summed E-state index contributed by atoms with van der Waals surface area (Å²) in [7, 11) is 0. The molecule has 4 bridgehead atoms. The summed E-state index contributed by atoms with van der Waals surface area (Å²) >= 11 is 0. The molecule has 48 heavy (non-hydrogen) atoms. The molecule has 4 saturated carbocycles. The average Bonchev–Trinajstić information content (AvgIpc) is 3.83. The van der Waals surface area contributed by atoms with E-state index in [1.54, 1.807) is 0 Å². The van der Waals surface area contributed by atoms with E-state index in [2.05, 4.69) is 0 Å². The van der Waals surface area contributed by atoms with Crippen molar-refractivity contribution in [2.24, 2.45) is 52.3 Å². The fourth-order valence-corrected chi connectivity index (χ4v) is 8.58. The van der Waals surface area contributed by atoms with Gasteiger partial charge in [-0.2, -0.15) is 0 Å². The molecule has 4 aliphatic carbocycles. The van der Waals surface area contributed by atoms with E-state index in [1.807, 2.05) is 55.4 Å². The van der Waals surface area contributed by atoms with Crippen LogP contribution in [0, 0.1) is 52.3 Å². The van der Waals surface area contributed by atoms with Gasteiger partial charge in [-0.3, -0.25) is 28.8 Å². The predicted octanol–water partition coefficient (Wildman–Crippen LogP) is 4.33. The molecule has 6 rings (SSSR count). The highest BCUT2D eigenvalue weighted by molar-refractivity contribution is 5.79. The summed E-state index contributed by atoms with van der Waals surface area (Å²) in [5, 5.41) is 0. The van der Waals surface area contributed by atoms with E-state index in [1.165, 1.54) is 0 Å². The molecule has 0 N–H and O–H groups in total. The van der Waals surface area contributed by atoms with Crippen LogP contribution in [0.5, 0.6) is 0 Å². The van der Waals surface area contributed by atoms with Gasteiger partial charge in [-0.15, -0.1) is 0 Å². The lowest BCUT2D eigenvalue weighted by molar-refractivity contribution is -0.175. The van der Waals surface area contributed by atoms with E-state index >= 15 is 0 Å². The molecule has 11 atom stereocenters. The van der Waals surface area contributed by atoms with Crippen molar-refractivity contribution in [2.75, 3.05) is 13.2 Å². The van der Waals surface area contributed by atoms with Crippen LogP contribution in [0.2, 0.25) is 0 Å². The molecule has 12 nitrogen and oxygen atoms in total. The van der Waals surface area contributed by atoms with Crippen LogP contribution in [0.25, 0.3) is 0 Å². The molecule has 2 aliphatic heterocycles. The van der Waals surface area contributed by atoms with Crippen molar-refractivity contribution >= 4 is 35.8 Å². The fourth-order valence-electron chi connectivity index (χ4n) is 8.58. The van der Waals surface area contributed by atoms with E-state index in [9.17, 15) is 28.8 Å². The van der Waals surface area contributed by atoms with E-state index in [4.69, 9.17) is 28.4 Å². The third-order valence-electron chi connectivity index (χ3n) is 12.4. The van der Waals surface area contributed by atoms with Crippen LogP contribution in [-0.2, 0) is 57.2 Å². The van der Waals surface area contributed by atoms with Crippen LogP contribution >= 0.6 is 0 Å². The number of hydrogen-bond donors (Lipinski definition) is 0. The quantitative estimate of drug-likeness (QED) is 0.213. The standard InChI is InChI=1S/2C18H26O6/c1-5-17(2,3)16(21)22-7-6-13(19)23-14-10-8-11-12(9-10)18(14,4)24-15(11)20;1-5-18(3,4)17(21)22-7-6-12(19)23-14-10-8-11-13(9(10)2)16(20)24-15(11)14/h10-12,14H,5-9H2,1-4H3;9-11,13-15H,5-8H2,1-4H3. The van der Waals surface area contributed by atoms with Gasteiger partial charge in [0.2, 0.25) is 0 Å². The van der Waals surface area contributed by atoms with Crippen LogP contribution in [-0.4, -0.2) is 72.9 Å². The molecule has 6 fully saturated rings. The molecule has 11 unspecified atom stereocenters. The van der Waals surface area contributed by atoms with Gasteiger partial charge >= 0.3 is 35.8 Å². The smallest absolute Gasteiger partial charge is 0.311 e. The fraction of sp³-hybridized carbons (Fsp3) is 0.833. The van der Waals surface area contributed by atoms with Gasteiger partial charge in [-0.25, -0.2) is 0 Å². The summed E-state index contributed by atoms with van der Waals surface area (Å²) in [6.45, 7) is 15.0. The molecule has 0 aromatic heterocycles. The molecule has 0 amide bonds. The molecule has 0 aromatic rings. The Morgan fingerprint density at radius 3 is 1.94 bits per heavy atom. The normalized spacial score (nSPS) is 36.6. The predicted molar refractivity (Wildman–Crippen MR) is 167 cm³/mol. The van der Waals surface area contributed by atoms with Gasteiger partial charge in [0.05, 0.1) is 35.5 Å². The zero-order valence-corrected chi connectivity index (χ0v) is 29.5. The number of fused-ring (bicyclic) bond motifs is 2. The van der Waals surface area contributed by atoms with Gasteiger partial charge in [-0.05, 0) is 72.6 Å². The second kappa shape index (κ2) is 13.3.